The average Bonchev–Trinajstić information content (AvgIpc) is 2.82. The fourth-order valence-electron chi connectivity index (χ4n) is 3.90. The van der Waals surface area contributed by atoms with Crippen molar-refractivity contribution in [1.29, 1.82) is 0 Å². The number of hydrogen-bond acceptors (Lipinski definition) is 6. The quantitative estimate of drug-likeness (QED) is 0.485. The van der Waals surface area contributed by atoms with Gasteiger partial charge in [-0.2, -0.15) is 0 Å². The first kappa shape index (κ1) is 9.76. The highest BCUT2D eigenvalue weighted by Crippen LogP contribution is 2.60. The van der Waals surface area contributed by atoms with E-state index < -0.39 is 36.3 Å². The summed E-state index contributed by atoms with van der Waals surface area (Å²) in [6.07, 6.45) is -2.57. The van der Waals surface area contributed by atoms with Crippen LogP contribution in [-0.2, 0) is 14.2 Å². The van der Waals surface area contributed by atoms with Crippen molar-refractivity contribution in [3.8, 4) is 0 Å². The van der Waals surface area contributed by atoms with E-state index in [-0.39, 0.29) is 18.4 Å². The molecule has 6 nitrogen and oxygen atoms in total. The fourth-order valence-corrected chi connectivity index (χ4v) is 3.90. The van der Waals surface area contributed by atoms with E-state index in [1.54, 1.807) is 0 Å². The Labute approximate surface area is 91.7 Å². The summed E-state index contributed by atoms with van der Waals surface area (Å²) in [7, 11) is 0. The second kappa shape index (κ2) is 2.77. The number of aliphatic hydroxyl groups is 3. The Morgan fingerprint density at radius 2 is 2.06 bits per heavy atom. The SMILES string of the molecule is OC[C@H]1[C@H]2O[C@@H]3OC[C@@H]4[C@@H](O)[C@H](O2)[C@@]1(O)[C@H]34. The van der Waals surface area contributed by atoms with Crippen LogP contribution in [0.3, 0.4) is 0 Å². The van der Waals surface area contributed by atoms with Crippen molar-refractivity contribution < 1.29 is 29.5 Å². The Hall–Kier alpha value is -0.240. The lowest BCUT2D eigenvalue weighted by molar-refractivity contribution is -0.281. The summed E-state index contributed by atoms with van der Waals surface area (Å²) in [6, 6.07) is 0. The second-order valence-electron chi connectivity index (χ2n) is 5.12. The van der Waals surface area contributed by atoms with Gasteiger partial charge in [0.1, 0.15) is 11.7 Å². The summed E-state index contributed by atoms with van der Waals surface area (Å²) < 4.78 is 16.5. The minimum atomic E-state index is -1.21. The number of rotatable bonds is 1. The van der Waals surface area contributed by atoms with Crippen LogP contribution in [0, 0.1) is 17.8 Å². The van der Waals surface area contributed by atoms with Crippen molar-refractivity contribution in [2.45, 2.75) is 30.4 Å². The van der Waals surface area contributed by atoms with E-state index in [0.29, 0.717) is 6.61 Å². The molecular formula is C10H14O6. The highest BCUT2D eigenvalue weighted by atomic mass is 16.8. The molecule has 3 heterocycles. The van der Waals surface area contributed by atoms with Gasteiger partial charge in [-0.1, -0.05) is 0 Å². The van der Waals surface area contributed by atoms with Crippen LogP contribution in [-0.4, -0.2) is 58.9 Å². The van der Waals surface area contributed by atoms with Crippen LogP contribution in [0.4, 0.5) is 0 Å². The van der Waals surface area contributed by atoms with E-state index >= 15 is 0 Å². The third kappa shape index (κ3) is 0.805. The first-order valence-electron chi connectivity index (χ1n) is 5.61. The molecule has 6 heteroatoms. The zero-order chi connectivity index (χ0) is 11.1. The lowest BCUT2D eigenvalue weighted by Gasteiger charge is -2.40. The molecule has 90 valence electrons. The van der Waals surface area contributed by atoms with Crippen LogP contribution in [0.15, 0.2) is 0 Å². The van der Waals surface area contributed by atoms with Gasteiger partial charge in [-0.15, -0.1) is 0 Å². The van der Waals surface area contributed by atoms with Gasteiger partial charge in [0.25, 0.3) is 0 Å². The summed E-state index contributed by atoms with van der Waals surface area (Å²) in [5.74, 6) is -0.932. The van der Waals surface area contributed by atoms with Crippen molar-refractivity contribution in [3.63, 3.8) is 0 Å². The zero-order valence-corrected chi connectivity index (χ0v) is 8.52. The molecule has 4 fully saturated rings. The predicted molar refractivity (Wildman–Crippen MR) is 48.0 cm³/mol. The Morgan fingerprint density at radius 3 is 2.81 bits per heavy atom. The van der Waals surface area contributed by atoms with E-state index in [1.165, 1.54) is 0 Å². The number of aliphatic hydroxyl groups excluding tert-OH is 2. The average molecular weight is 230 g/mol. The van der Waals surface area contributed by atoms with Crippen LogP contribution in [0.2, 0.25) is 0 Å². The largest absolute Gasteiger partial charge is 0.396 e. The van der Waals surface area contributed by atoms with Crippen molar-refractivity contribution in [3.05, 3.63) is 0 Å². The molecule has 0 radical (unpaired) electrons. The van der Waals surface area contributed by atoms with E-state index in [2.05, 4.69) is 0 Å². The van der Waals surface area contributed by atoms with Crippen LogP contribution in [0.25, 0.3) is 0 Å². The van der Waals surface area contributed by atoms with E-state index in [0.717, 1.165) is 0 Å². The summed E-state index contributed by atoms with van der Waals surface area (Å²) >= 11 is 0. The first-order chi connectivity index (χ1) is 7.67. The maximum atomic E-state index is 10.7. The molecule has 3 N–H and O–H groups in total. The summed E-state index contributed by atoms with van der Waals surface area (Å²) in [4.78, 5) is 0. The van der Waals surface area contributed by atoms with Crippen molar-refractivity contribution >= 4 is 0 Å². The molecule has 3 aliphatic heterocycles. The number of hydrogen-bond donors (Lipinski definition) is 3. The van der Waals surface area contributed by atoms with Gasteiger partial charge in [0, 0.05) is 11.8 Å². The highest BCUT2D eigenvalue weighted by Gasteiger charge is 2.76. The van der Waals surface area contributed by atoms with Gasteiger partial charge in [0.2, 0.25) is 0 Å². The molecule has 0 spiro atoms. The smallest absolute Gasteiger partial charge is 0.169 e. The molecule has 16 heavy (non-hydrogen) atoms. The van der Waals surface area contributed by atoms with Crippen molar-refractivity contribution in [2.24, 2.45) is 17.8 Å². The molecule has 8 atom stereocenters. The van der Waals surface area contributed by atoms with Gasteiger partial charge in [-0.05, 0) is 0 Å². The minimum Gasteiger partial charge on any atom is -0.396 e. The Kier molecular flexibility index (Phi) is 1.69. The fraction of sp³-hybridized carbons (Fsp3) is 1.00. The minimum absolute atomic E-state index is 0.157. The normalized spacial score (nSPS) is 66.6. The van der Waals surface area contributed by atoms with E-state index in [4.69, 9.17) is 14.2 Å². The summed E-state index contributed by atoms with van der Waals surface area (Å²) in [6.45, 7) is 0.171. The third-order valence-electron chi connectivity index (χ3n) is 4.61. The zero-order valence-electron chi connectivity index (χ0n) is 8.52. The maximum absolute atomic E-state index is 10.7. The summed E-state index contributed by atoms with van der Waals surface area (Å²) in [5.41, 5.74) is -1.21. The molecule has 4 rings (SSSR count). The van der Waals surface area contributed by atoms with Gasteiger partial charge < -0.3 is 29.5 Å². The van der Waals surface area contributed by atoms with Crippen LogP contribution < -0.4 is 0 Å². The van der Waals surface area contributed by atoms with Gasteiger partial charge >= 0.3 is 0 Å². The lowest BCUT2D eigenvalue weighted by Crippen LogP contribution is -2.56. The van der Waals surface area contributed by atoms with Crippen LogP contribution >= 0.6 is 0 Å². The third-order valence-corrected chi connectivity index (χ3v) is 4.61. The summed E-state index contributed by atoms with van der Waals surface area (Å²) in [5, 5.41) is 30.1. The molecule has 0 aromatic carbocycles. The van der Waals surface area contributed by atoms with Gasteiger partial charge in [0.05, 0.1) is 25.2 Å². The standard InChI is InChI=1S/C10H14O6/c11-1-4-8-15-7-6(12)3-2-14-9(16-8)5(3)10(4,7)13/h3-9,11-13H,1-2H2/t3-,4-,5-,6+,7-,8+,9-,10-/m0/s1. The molecule has 3 saturated heterocycles. The molecule has 0 aromatic rings. The molecular weight excluding hydrogens is 216 g/mol. The molecule has 0 aromatic heterocycles. The highest BCUT2D eigenvalue weighted by molar-refractivity contribution is 5.20. The lowest BCUT2D eigenvalue weighted by atomic mass is 9.76. The Balaban J connectivity index is 1.86. The molecule has 1 saturated carbocycles. The maximum Gasteiger partial charge on any atom is 0.169 e. The number of ether oxygens (including phenoxy) is 3. The van der Waals surface area contributed by atoms with Gasteiger partial charge in [-0.25, -0.2) is 0 Å². The van der Waals surface area contributed by atoms with E-state index in [1.807, 2.05) is 0 Å². The Bertz CT molecular complexity index is 335. The monoisotopic (exact) mass is 230 g/mol. The molecule has 0 amide bonds. The number of fused-ring (bicyclic) bond motifs is 1. The molecule has 4 aliphatic rings. The Morgan fingerprint density at radius 1 is 1.25 bits per heavy atom. The van der Waals surface area contributed by atoms with Crippen LogP contribution in [0.1, 0.15) is 0 Å². The van der Waals surface area contributed by atoms with Crippen molar-refractivity contribution in [2.75, 3.05) is 13.2 Å². The topological polar surface area (TPSA) is 88.4 Å². The molecule has 0 unspecified atom stereocenters. The van der Waals surface area contributed by atoms with Gasteiger partial charge in [-0.3, -0.25) is 0 Å². The molecule has 1 aliphatic carbocycles. The first-order valence-corrected chi connectivity index (χ1v) is 5.61. The second-order valence-corrected chi connectivity index (χ2v) is 5.12. The van der Waals surface area contributed by atoms with E-state index in [9.17, 15) is 15.3 Å². The molecule has 2 bridgehead atoms. The van der Waals surface area contributed by atoms with Crippen molar-refractivity contribution in [1.82, 2.24) is 0 Å². The predicted octanol–water partition coefficient (Wildman–Crippen LogP) is -1.96. The van der Waals surface area contributed by atoms with Gasteiger partial charge in [0.15, 0.2) is 12.6 Å². The van der Waals surface area contributed by atoms with Crippen LogP contribution in [0.5, 0.6) is 0 Å².